The highest BCUT2D eigenvalue weighted by Gasteiger charge is 2.27. The van der Waals surface area contributed by atoms with Crippen molar-refractivity contribution in [3.8, 4) is 0 Å². The lowest BCUT2D eigenvalue weighted by molar-refractivity contribution is 0.382. The van der Waals surface area contributed by atoms with E-state index in [9.17, 15) is 0 Å². The molecule has 0 saturated carbocycles. The Morgan fingerprint density at radius 3 is 2.55 bits per heavy atom. The largest absolute Gasteiger partial charge is 0.364 e. The number of likely N-dealkylation sites (tertiary alicyclic amines) is 1. The number of aryl methyl sites for hydroxylation is 1. The molecule has 0 N–H and O–H groups in total. The minimum atomic E-state index is 0.544. The molecule has 1 fully saturated rings. The second-order valence-electron chi connectivity index (χ2n) is 6.09. The number of hydrogen-bond acceptors (Lipinski definition) is 1. The molecule has 2 aromatic carbocycles. The molecule has 1 heterocycles. The van der Waals surface area contributed by atoms with E-state index in [0.717, 1.165) is 19.5 Å². The van der Waals surface area contributed by atoms with E-state index in [1.165, 1.54) is 28.8 Å². The summed E-state index contributed by atoms with van der Waals surface area (Å²) in [5.41, 5.74) is 8.68. The summed E-state index contributed by atoms with van der Waals surface area (Å²) in [7, 11) is 0. The predicted molar refractivity (Wildman–Crippen MR) is 92.5 cm³/mol. The van der Waals surface area contributed by atoms with Gasteiger partial charge in [0, 0.05) is 19.0 Å². The molecule has 0 bridgehead atoms. The summed E-state index contributed by atoms with van der Waals surface area (Å²) in [6, 6.07) is 19.3. The summed E-state index contributed by atoms with van der Waals surface area (Å²) >= 11 is 0. The van der Waals surface area contributed by atoms with Gasteiger partial charge in [0.05, 0.1) is 5.70 Å². The average molecular weight is 289 g/mol. The second-order valence-corrected chi connectivity index (χ2v) is 6.09. The van der Waals surface area contributed by atoms with Crippen LogP contribution in [0, 0.1) is 12.8 Å². The maximum atomic E-state index is 3.95. The molecule has 1 saturated heterocycles. The number of benzene rings is 2. The molecule has 2 aromatic rings. The van der Waals surface area contributed by atoms with Crippen molar-refractivity contribution in [3.05, 3.63) is 89.3 Å². The molecular formula is C21H23N. The number of rotatable bonds is 4. The molecule has 0 amide bonds. The first kappa shape index (κ1) is 14.7. The SMILES string of the molecule is C=C=C1C(Cc2ccccc2C)CCN1Cc1ccccc1. The lowest BCUT2D eigenvalue weighted by Crippen LogP contribution is -2.18. The first-order chi connectivity index (χ1) is 10.8. The van der Waals surface area contributed by atoms with Gasteiger partial charge in [-0.05, 0) is 36.5 Å². The lowest BCUT2D eigenvalue weighted by Gasteiger charge is -2.21. The molecule has 1 aliphatic heterocycles. The van der Waals surface area contributed by atoms with Gasteiger partial charge in [0.15, 0.2) is 0 Å². The Morgan fingerprint density at radius 1 is 1.09 bits per heavy atom. The Labute approximate surface area is 133 Å². The van der Waals surface area contributed by atoms with Gasteiger partial charge in [-0.15, -0.1) is 5.73 Å². The van der Waals surface area contributed by atoms with Gasteiger partial charge in [0.2, 0.25) is 0 Å². The third-order valence-corrected chi connectivity index (χ3v) is 4.60. The van der Waals surface area contributed by atoms with E-state index in [0.29, 0.717) is 5.92 Å². The second kappa shape index (κ2) is 6.68. The lowest BCUT2D eigenvalue weighted by atomic mass is 9.93. The van der Waals surface area contributed by atoms with Crippen LogP contribution in [-0.2, 0) is 13.0 Å². The predicted octanol–water partition coefficient (Wildman–Crippen LogP) is 4.73. The molecule has 1 nitrogen and oxygen atoms in total. The Kier molecular flexibility index (Phi) is 4.46. The van der Waals surface area contributed by atoms with Crippen molar-refractivity contribution in [2.45, 2.75) is 26.3 Å². The summed E-state index contributed by atoms with van der Waals surface area (Å²) in [5.74, 6) is 0.544. The molecule has 1 heteroatoms. The van der Waals surface area contributed by atoms with Crippen molar-refractivity contribution >= 4 is 0 Å². The fourth-order valence-corrected chi connectivity index (χ4v) is 3.35. The van der Waals surface area contributed by atoms with Gasteiger partial charge in [0.1, 0.15) is 0 Å². The molecule has 1 aliphatic rings. The zero-order valence-electron chi connectivity index (χ0n) is 13.3. The average Bonchev–Trinajstić information content (AvgIpc) is 2.92. The van der Waals surface area contributed by atoms with E-state index in [-0.39, 0.29) is 0 Å². The molecule has 3 rings (SSSR count). The number of allylic oxidation sites excluding steroid dienone is 1. The maximum Gasteiger partial charge on any atom is 0.0596 e. The summed E-state index contributed by atoms with van der Waals surface area (Å²) in [5, 5.41) is 0. The van der Waals surface area contributed by atoms with Crippen LogP contribution < -0.4 is 0 Å². The van der Waals surface area contributed by atoms with E-state index in [2.05, 4.69) is 78.7 Å². The van der Waals surface area contributed by atoms with Crippen LogP contribution in [0.3, 0.4) is 0 Å². The van der Waals surface area contributed by atoms with Crippen LogP contribution in [0.2, 0.25) is 0 Å². The first-order valence-corrected chi connectivity index (χ1v) is 8.01. The maximum absolute atomic E-state index is 3.95. The van der Waals surface area contributed by atoms with Gasteiger partial charge in [-0.25, -0.2) is 0 Å². The van der Waals surface area contributed by atoms with Gasteiger partial charge in [-0.2, -0.15) is 0 Å². The molecule has 0 aromatic heterocycles. The highest BCUT2D eigenvalue weighted by atomic mass is 15.2. The van der Waals surface area contributed by atoms with Crippen LogP contribution in [0.1, 0.15) is 23.1 Å². The fourth-order valence-electron chi connectivity index (χ4n) is 3.35. The van der Waals surface area contributed by atoms with Gasteiger partial charge in [-0.1, -0.05) is 61.2 Å². The highest BCUT2D eigenvalue weighted by molar-refractivity contribution is 5.28. The molecular weight excluding hydrogens is 266 g/mol. The van der Waals surface area contributed by atoms with Gasteiger partial charge >= 0.3 is 0 Å². The van der Waals surface area contributed by atoms with Crippen molar-refractivity contribution in [2.24, 2.45) is 5.92 Å². The first-order valence-electron chi connectivity index (χ1n) is 8.01. The molecule has 0 aliphatic carbocycles. The van der Waals surface area contributed by atoms with Crippen LogP contribution in [0.5, 0.6) is 0 Å². The van der Waals surface area contributed by atoms with E-state index in [1.54, 1.807) is 0 Å². The standard InChI is InChI=1S/C21H23N/c1-3-21-20(15-19-12-8-7-9-17(19)2)13-14-22(21)16-18-10-5-4-6-11-18/h4-12,20H,1,13-16H2,2H3. The molecule has 0 radical (unpaired) electrons. The van der Waals surface area contributed by atoms with Crippen molar-refractivity contribution in [1.29, 1.82) is 0 Å². The van der Waals surface area contributed by atoms with Crippen LogP contribution >= 0.6 is 0 Å². The van der Waals surface area contributed by atoms with Crippen molar-refractivity contribution in [2.75, 3.05) is 6.54 Å². The van der Waals surface area contributed by atoms with Gasteiger partial charge < -0.3 is 4.90 Å². The molecule has 1 unspecified atom stereocenters. The monoisotopic (exact) mass is 289 g/mol. The summed E-state index contributed by atoms with van der Waals surface area (Å²) < 4.78 is 0. The van der Waals surface area contributed by atoms with E-state index in [4.69, 9.17) is 0 Å². The van der Waals surface area contributed by atoms with E-state index in [1.807, 2.05) is 0 Å². The summed E-state index contributed by atoms with van der Waals surface area (Å²) in [6.45, 7) is 8.20. The number of nitrogens with zero attached hydrogens (tertiary/aromatic N) is 1. The van der Waals surface area contributed by atoms with Crippen molar-refractivity contribution < 1.29 is 0 Å². The van der Waals surface area contributed by atoms with E-state index < -0.39 is 0 Å². The van der Waals surface area contributed by atoms with Crippen molar-refractivity contribution in [1.82, 2.24) is 4.90 Å². The van der Waals surface area contributed by atoms with Crippen LogP contribution in [0.15, 0.2) is 72.6 Å². The zero-order chi connectivity index (χ0) is 15.4. The quantitative estimate of drug-likeness (QED) is 0.736. The van der Waals surface area contributed by atoms with Crippen molar-refractivity contribution in [3.63, 3.8) is 0 Å². The fraction of sp³-hybridized carbons (Fsp3) is 0.286. The Hall–Kier alpha value is -2.24. The van der Waals surface area contributed by atoms with Gasteiger partial charge in [0.25, 0.3) is 0 Å². The van der Waals surface area contributed by atoms with Crippen LogP contribution in [-0.4, -0.2) is 11.4 Å². The van der Waals surface area contributed by atoms with Crippen LogP contribution in [0.4, 0.5) is 0 Å². The summed E-state index contributed by atoms with van der Waals surface area (Å²) in [6.07, 6.45) is 2.29. The van der Waals surface area contributed by atoms with E-state index >= 15 is 0 Å². The third-order valence-electron chi connectivity index (χ3n) is 4.60. The molecule has 0 spiro atoms. The highest BCUT2D eigenvalue weighted by Crippen LogP contribution is 2.32. The van der Waals surface area contributed by atoms with Gasteiger partial charge in [-0.3, -0.25) is 0 Å². The Bertz CT molecular complexity index is 680. The van der Waals surface area contributed by atoms with Crippen LogP contribution in [0.25, 0.3) is 0 Å². The zero-order valence-corrected chi connectivity index (χ0v) is 13.3. The minimum Gasteiger partial charge on any atom is -0.364 e. The Balaban J connectivity index is 1.73. The summed E-state index contributed by atoms with van der Waals surface area (Å²) in [4.78, 5) is 2.44. The molecule has 1 atom stereocenters. The minimum absolute atomic E-state index is 0.544. The molecule has 22 heavy (non-hydrogen) atoms. The molecule has 112 valence electrons. The smallest absolute Gasteiger partial charge is 0.0596 e. The third kappa shape index (κ3) is 3.16. The topological polar surface area (TPSA) is 3.24 Å². The normalized spacial score (nSPS) is 17.6. The number of hydrogen-bond donors (Lipinski definition) is 0. The Morgan fingerprint density at radius 2 is 1.82 bits per heavy atom.